The molecule has 2 N–H and O–H groups in total. The second kappa shape index (κ2) is 6.36. The quantitative estimate of drug-likeness (QED) is 0.837. The Kier molecular flexibility index (Phi) is 4.02. The van der Waals surface area contributed by atoms with Crippen LogP contribution in [0.4, 0.5) is 0 Å². The van der Waals surface area contributed by atoms with Gasteiger partial charge in [0.05, 0.1) is 6.04 Å². The molecule has 8 nitrogen and oxygen atoms in total. The molecule has 1 saturated heterocycles. The molecule has 1 saturated carbocycles. The van der Waals surface area contributed by atoms with Crippen LogP contribution in [0.25, 0.3) is 0 Å². The summed E-state index contributed by atoms with van der Waals surface area (Å²) in [7, 11) is 0. The fraction of sp³-hybridized carbons (Fsp3) is 0.389. The molecule has 134 valence electrons. The summed E-state index contributed by atoms with van der Waals surface area (Å²) in [5, 5.41) is 2.80. The molecular formula is C18H19N5O3. The number of rotatable bonds is 4. The zero-order valence-corrected chi connectivity index (χ0v) is 14.4. The number of hydrogen-bond acceptors (Lipinski definition) is 5. The minimum absolute atomic E-state index is 0.0510. The van der Waals surface area contributed by atoms with Gasteiger partial charge in [-0.1, -0.05) is 0 Å². The van der Waals surface area contributed by atoms with Crippen LogP contribution >= 0.6 is 0 Å². The van der Waals surface area contributed by atoms with Gasteiger partial charge in [-0.15, -0.1) is 0 Å². The Morgan fingerprint density at radius 1 is 1.27 bits per heavy atom. The number of nitrogens with zero attached hydrogens (tertiary/aromatic N) is 3. The monoisotopic (exact) mass is 353 g/mol. The first-order chi connectivity index (χ1) is 12.5. The molecule has 0 aromatic carbocycles. The highest BCUT2D eigenvalue weighted by molar-refractivity contribution is 5.95. The number of likely N-dealkylation sites (tertiary alicyclic amines) is 1. The summed E-state index contributed by atoms with van der Waals surface area (Å²) in [5.74, 6) is 0.425. The predicted molar refractivity (Wildman–Crippen MR) is 93.0 cm³/mol. The molecular weight excluding hydrogens is 334 g/mol. The minimum atomic E-state index is -0.406. The van der Waals surface area contributed by atoms with Crippen molar-refractivity contribution in [1.29, 1.82) is 0 Å². The van der Waals surface area contributed by atoms with Gasteiger partial charge in [0.25, 0.3) is 17.4 Å². The van der Waals surface area contributed by atoms with Crippen molar-refractivity contribution in [2.45, 2.75) is 31.7 Å². The third-order valence-corrected chi connectivity index (χ3v) is 4.62. The van der Waals surface area contributed by atoms with Crippen molar-refractivity contribution in [2.24, 2.45) is 0 Å². The zero-order chi connectivity index (χ0) is 18.3. The molecule has 0 unspecified atom stereocenters. The number of aromatic amines is 1. The molecule has 26 heavy (non-hydrogen) atoms. The third kappa shape index (κ3) is 3.35. The molecule has 0 atom stereocenters. The van der Waals surface area contributed by atoms with Crippen molar-refractivity contribution in [3.8, 4) is 0 Å². The van der Waals surface area contributed by atoms with Crippen LogP contribution in [0.1, 0.15) is 51.1 Å². The minimum Gasteiger partial charge on any atom is -0.344 e. The van der Waals surface area contributed by atoms with Gasteiger partial charge in [0.1, 0.15) is 11.5 Å². The number of aromatic nitrogens is 3. The van der Waals surface area contributed by atoms with Gasteiger partial charge >= 0.3 is 0 Å². The van der Waals surface area contributed by atoms with Crippen molar-refractivity contribution in [3.05, 3.63) is 57.5 Å². The summed E-state index contributed by atoms with van der Waals surface area (Å²) in [6.45, 7) is 2.49. The van der Waals surface area contributed by atoms with Crippen molar-refractivity contribution >= 4 is 11.8 Å². The maximum atomic E-state index is 12.5. The van der Waals surface area contributed by atoms with Gasteiger partial charge in [0.15, 0.2) is 0 Å². The first-order valence-corrected chi connectivity index (χ1v) is 8.63. The smallest absolute Gasteiger partial charge is 0.270 e. The van der Waals surface area contributed by atoms with Gasteiger partial charge in [0, 0.05) is 42.5 Å². The van der Waals surface area contributed by atoms with Crippen LogP contribution in [0, 0.1) is 6.92 Å². The van der Waals surface area contributed by atoms with E-state index in [-0.39, 0.29) is 23.2 Å². The van der Waals surface area contributed by atoms with Crippen LogP contribution in [-0.2, 0) is 0 Å². The second-order valence-electron chi connectivity index (χ2n) is 6.84. The molecule has 2 aliphatic rings. The van der Waals surface area contributed by atoms with E-state index in [4.69, 9.17) is 0 Å². The molecule has 1 aliphatic heterocycles. The lowest BCUT2D eigenvalue weighted by Gasteiger charge is -2.39. The lowest BCUT2D eigenvalue weighted by molar-refractivity contribution is 0.0541. The molecule has 4 rings (SSSR count). The number of hydrogen-bond donors (Lipinski definition) is 2. The van der Waals surface area contributed by atoms with Crippen molar-refractivity contribution in [2.75, 3.05) is 13.1 Å². The van der Waals surface area contributed by atoms with Crippen LogP contribution in [0.15, 0.2) is 29.2 Å². The summed E-state index contributed by atoms with van der Waals surface area (Å²) in [6, 6.07) is 4.62. The highest BCUT2D eigenvalue weighted by atomic mass is 16.2. The Labute approximate surface area is 149 Å². The first-order valence-electron chi connectivity index (χ1n) is 8.63. The van der Waals surface area contributed by atoms with Crippen LogP contribution in [0.5, 0.6) is 0 Å². The Morgan fingerprint density at radius 3 is 2.73 bits per heavy atom. The number of H-pyrrole nitrogens is 1. The Hall–Kier alpha value is -3.03. The summed E-state index contributed by atoms with van der Waals surface area (Å²) < 4.78 is 0. The van der Waals surface area contributed by atoms with Gasteiger partial charge in [-0.2, -0.15) is 0 Å². The number of nitrogens with one attached hydrogen (secondary N) is 2. The van der Waals surface area contributed by atoms with Gasteiger partial charge in [-0.05, 0) is 31.9 Å². The van der Waals surface area contributed by atoms with E-state index in [2.05, 4.69) is 20.3 Å². The van der Waals surface area contributed by atoms with E-state index in [1.807, 2.05) is 6.07 Å². The zero-order valence-electron chi connectivity index (χ0n) is 14.4. The van der Waals surface area contributed by atoms with Gasteiger partial charge in [-0.25, -0.2) is 4.98 Å². The molecule has 0 spiro atoms. The van der Waals surface area contributed by atoms with Gasteiger partial charge in [0.2, 0.25) is 0 Å². The Morgan fingerprint density at radius 2 is 2.04 bits per heavy atom. The molecule has 2 aromatic rings. The van der Waals surface area contributed by atoms with E-state index in [0.29, 0.717) is 30.4 Å². The lowest BCUT2D eigenvalue weighted by Crippen LogP contribution is -2.61. The van der Waals surface area contributed by atoms with Crippen LogP contribution in [0.2, 0.25) is 0 Å². The number of pyridine rings is 1. The average Bonchev–Trinajstić information content (AvgIpc) is 3.41. The van der Waals surface area contributed by atoms with Crippen LogP contribution in [0.3, 0.4) is 0 Å². The summed E-state index contributed by atoms with van der Waals surface area (Å²) in [6.07, 6.45) is 3.96. The number of aryl methyl sites for hydroxylation is 1. The standard InChI is InChI=1S/C18H19N5O3/c1-10-20-15(7-16(24)21-10)17(25)22-13-8-23(9-13)18(26)12-4-5-19-14(6-12)11-2-3-11/h4-7,11,13H,2-3,8-9H2,1H3,(H,22,25)(H,20,21,24). The SMILES string of the molecule is Cc1nc(C(=O)NC2CN(C(=O)c3ccnc(C4CC4)c3)C2)cc(=O)[nH]1. The summed E-state index contributed by atoms with van der Waals surface area (Å²) in [4.78, 5) is 48.7. The molecule has 1 aliphatic carbocycles. The fourth-order valence-electron chi connectivity index (χ4n) is 3.06. The third-order valence-electron chi connectivity index (χ3n) is 4.62. The van der Waals surface area contributed by atoms with E-state index in [9.17, 15) is 14.4 Å². The predicted octanol–water partition coefficient (Wildman–Crippen LogP) is 0.605. The topological polar surface area (TPSA) is 108 Å². The van der Waals surface area contributed by atoms with E-state index in [0.717, 1.165) is 18.5 Å². The Balaban J connectivity index is 1.35. The number of carbonyl (C=O) groups is 2. The molecule has 3 heterocycles. The highest BCUT2D eigenvalue weighted by Gasteiger charge is 2.33. The molecule has 2 amide bonds. The first kappa shape index (κ1) is 16.4. The Bertz CT molecular complexity index is 928. The molecule has 8 heteroatoms. The number of carbonyl (C=O) groups excluding carboxylic acids is 2. The maximum absolute atomic E-state index is 12.5. The van der Waals surface area contributed by atoms with E-state index in [1.165, 1.54) is 6.07 Å². The molecule has 2 aromatic heterocycles. The summed E-state index contributed by atoms with van der Waals surface area (Å²) >= 11 is 0. The summed E-state index contributed by atoms with van der Waals surface area (Å²) in [5.41, 5.74) is 1.34. The molecule has 2 fully saturated rings. The normalized spacial score (nSPS) is 16.9. The molecule has 0 bridgehead atoms. The molecule has 0 radical (unpaired) electrons. The lowest BCUT2D eigenvalue weighted by atomic mass is 10.1. The van der Waals surface area contributed by atoms with Gasteiger partial charge in [-0.3, -0.25) is 19.4 Å². The van der Waals surface area contributed by atoms with Crippen molar-refractivity contribution < 1.29 is 9.59 Å². The van der Waals surface area contributed by atoms with E-state index < -0.39 is 5.91 Å². The fourth-order valence-corrected chi connectivity index (χ4v) is 3.06. The highest BCUT2D eigenvalue weighted by Crippen LogP contribution is 2.39. The number of amides is 2. The average molecular weight is 353 g/mol. The maximum Gasteiger partial charge on any atom is 0.270 e. The van der Waals surface area contributed by atoms with E-state index >= 15 is 0 Å². The largest absolute Gasteiger partial charge is 0.344 e. The van der Waals surface area contributed by atoms with Gasteiger partial charge < -0.3 is 15.2 Å². The van der Waals surface area contributed by atoms with Crippen molar-refractivity contribution in [1.82, 2.24) is 25.2 Å². The second-order valence-corrected chi connectivity index (χ2v) is 6.84. The van der Waals surface area contributed by atoms with E-state index in [1.54, 1.807) is 24.1 Å². The van der Waals surface area contributed by atoms with Crippen molar-refractivity contribution in [3.63, 3.8) is 0 Å². The van der Waals surface area contributed by atoms with Crippen LogP contribution < -0.4 is 10.9 Å². The van der Waals surface area contributed by atoms with Crippen LogP contribution in [-0.4, -0.2) is 50.8 Å².